The third-order valence-corrected chi connectivity index (χ3v) is 2.97. The summed E-state index contributed by atoms with van der Waals surface area (Å²) in [6.45, 7) is 3.79. The molecule has 4 nitrogen and oxygen atoms in total. The van der Waals surface area contributed by atoms with Crippen molar-refractivity contribution in [3.8, 4) is 5.75 Å². The number of amides is 1. The van der Waals surface area contributed by atoms with Crippen LogP contribution >= 0.6 is 0 Å². The summed E-state index contributed by atoms with van der Waals surface area (Å²) < 4.78 is 0. The lowest BCUT2D eigenvalue weighted by molar-refractivity contribution is 0.0952. The third kappa shape index (κ3) is 2.91. The van der Waals surface area contributed by atoms with Crippen molar-refractivity contribution in [2.75, 3.05) is 0 Å². The Morgan fingerprint density at radius 3 is 2.53 bits per heavy atom. The number of phenols is 1. The van der Waals surface area contributed by atoms with Crippen molar-refractivity contribution in [3.63, 3.8) is 0 Å². The highest BCUT2D eigenvalue weighted by atomic mass is 16.3. The van der Waals surface area contributed by atoms with Crippen LogP contribution in [0, 0.1) is 0 Å². The monoisotopic (exact) mass is 256 g/mol. The lowest BCUT2D eigenvalue weighted by Gasteiger charge is -2.06. The van der Waals surface area contributed by atoms with E-state index in [1.54, 1.807) is 12.1 Å². The average molecular weight is 256 g/mol. The standard InChI is InChI=1S/C15H16N2O2/c1-3-10(2)16-17-15(19)13-8-11-6-4-5-7-12(11)9-14(13)18/h4-9,18H,3H2,1-2H3,(H,17,19). The Hall–Kier alpha value is -2.36. The van der Waals surface area contributed by atoms with Crippen molar-refractivity contribution in [1.29, 1.82) is 0 Å². The van der Waals surface area contributed by atoms with E-state index >= 15 is 0 Å². The Morgan fingerprint density at radius 2 is 1.89 bits per heavy atom. The number of carbonyl (C=O) groups is 1. The molecule has 0 heterocycles. The number of fused-ring (bicyclic) bond motifs is 1. The van der Waals surface area contributed by atoms with Crippen LogP contribution in [0.15, 0.2) is 41.5 Å². The Bertz CT molecular complexity index is 648. The van der Waals surface area contributed by atoms with Gasteiger partial charge in [0.1, 0.15) is 5.75 Å². The van der Waals surface area contributed by atoms with E-state index in [9.17, 15) is 9.90 Å². The van der Waals surface area contributed by atoms with E-state index in [2.05, 4.69) is 10.5 Å². The smallest absolute Gasteiger partial charge is 0.275 e. The summed E-state index contributed by atoms with van der Waals surface area (Å²) >= 11 is 0. The lowest BCUT2D eigenvalue weighted by Crippen LogP contribution is -2.19. The van der Waals surface area contributed by atoms with Gasteiger partial charge in [-0.25, -0.2) is 5.43 Å². The summed E-state index contributed by atoms with van der Waals surface area (Å²) in [6.07, 6.45) is 0.768. The predicted molar refractivity (Wildman–Crippen MR) is 76.5 cm³/mol. The molecule has 2 N–H and O–H groups in total. The van der Waals surface area contributed by atoms with E-state index < -0.39 is 5.91 Å². The maximum Gasteiger partial charge on any atom is 0.275 e. The zero-order chi connectivity index (χ0) is 13.8. The molecule has 0 aliphatic rings. The molecular weight excluding hydrogens is 240 g/mol. The summed E-state index contributed by atoms with van der Waals surface area (Å²) in [6, 6.07) is 10.8. The molecule has 0 unspecified atom stereocenters. The van der Waals surface area contributed by atoms with Crippen LogP contribution in [0.3, 0.4) is 0 Å². The van der Waals surface area contributed by atoms with Crippen LogP contribution in [0.2, 0.25) is 0 Å². The molecule has 0 aromatic heterocycles. The number of phenolic OH excluding ortho intramolecular Hbond substituents is 1. The van der Waals surface area contributed by atoms with E-state index in [4.69, 9.17) is 0 Å². The van der Waals surface area contributed by atoms with Gasteiger partial charge in [0.2, 0.25) is 0 Å². The number of hydrogen-bond donors (Lipinski definition) is 2. The lowest BCUT2D eigenvalue weighted by atomic mass is 10.1. The topological polar surface area (TPSA) is 61.7 Å². The zero-order valence-corrected chi connectivity index (χ0v) is 11.0. The van der Waals surface area contributed by atoms with Gasteiger partial charge >= 0.3 is 0 Å². The highest BCUT2D eigenvalue weighted by Gasteiger charge is 2.11. The molecule has 98 valence electrons. The number of nitrogens with zero attached hydrogens (tertiary/aromatic N) is 1. The highest BCUT2D eigenvalue weighted by Crippen LogP contribution is 2.24. The molecule has 0 fully saturated rings. The molecule has 0 saturated heterocycles. The highest BCUT2D eigenvalue weighted by molar-refractivity contribution is 6.01. The molecule has 0 bridgehead atoms. The van der Waals surface area contributed by atoms with Crippen LogP contribution in [-0.4, -0.2) is 16.7 Å². The van der Waals surface area contributed by atoms with Gasteiger partial charge in [-0.3, -0.25) is 4.79 Å². The number of benzene rings is 2. The number of hydrogen-bond acceptors (Lipinski definition) is 3. The minimum atomic E-state index is -0.406. The van der Waals surface area contributed by atoms with Gasteiger partial charge in [-0.15, -0.1) is 0 Å². The van der Waals surface area contributed by atoms with Gasteiger partial charge in [-0.1, -0.05) is 31.2 Å². The summed E-state index contributed by atoms with van der Waals surface area (Å²) in [5.41, 5.74) is 3.50. The average Bonchev–Trinajstić information content (AvgIpc) is 2.43. The maximum atomic E-state index is 12.0. The van der Waals surface area contributed by atoms with E-state index in [0.717, 1.165) is 22.9 Å². The van der Waals surface area contributed by atoms with Gasteiger partial charge in [0, 0.05) is 5.71 Å². The molecule has 2 aromatic carbocycles. The van der Waals surface area contributed by atoms with Crippen LogP contribution in [0.25, 0.3) is 10.8 Å². The minimum Gasteiger partial charge on any atom is -0.507 e. The third-order valence-electron chi connectivity index (χ3n) is 2.97. The summed E-state index contributed by atoms with van der Waals surface area (Å²) in [7, 11) is 0. The maximum absolute atomic E-state index is 12.0. The number of nitrogens with one attached hydrogen (secondary N) is 1. The first-order chi connectivity index (χ1) is 9.11. The fourth-order valence-corrected chi connectivity index (χ4v) is 1.70. The second-order valence-electron chi connectivity index (χ2n) is 4.36. The van der Waals surface area contributed by atoms with Crippen LogP contribution in [-0.2, 0) is 0 Å². The van der Waals surface area contributed by atoms with Crippen LogP contribution in [0.5, 0.6) is 5.75 Å². The molecule has 0 spiro atoms. The largest absolute Gasteiger partial charge is 0.507 e. The second-order valence-corrected chi connectivity index (χ2v) is 4.36. The van der Waals surface area contributed by atoms with Crippen LogP contribution in [0.4, 0.5) is 0 Å². The van der Waals surface area contributed by atoms with Crippen molar-refractivity contribution in [3.05, 3.63) is 42.0 Å². The van der Waals surface area contributed by atoms with E-state index in [-0.39, 0.29) is 11.3 Å². The second kappa shape index (κ2) is 5.52. The SMILES string of the molecule is CCC(C)=NNC(=O)c1cc2ccccc2cc1O. The van der Waals surface area contributed by atoms with E-state index in [1.165, 1.54) is 0 Å². The van der Waals surface area contributed by atoms with Crippen LogP contribution < -0.4 is 5.43 Å². The summed E-state index contributed by atoms with van der Waals surface area (Å²) in [5, 5.41) is 15.6. The van der Waals surface area contributed by atoms with Gasteiger partial charge in [0.25, 0.3) is 5.91 Å². The summed E-state index contributed by atoms with van der Waals surface area (Å²) in [4.78, 5) is 12.0. The van der Waals surface area contributed by atoms with Crippen molar-refractivity contribution in [2.24, 2.45) is 5.10 Å². The van der Waals surface area contributed by atoms with Gasteiger partial charge in [-0.05, 0) is 36.2 Å². The molecule has 1 amide bonds. The Labute approximate surface area is 111 Å². The number of carbonyl (C=O) groups excluding carboxylic acids is 1. The molecular formula is C15H16N2O2. The van der Waals surface area contributed by atoms with Gasteiger partial charge < -0.3 is 5.11 Å². The molecule has 0 atom stereocenters. The fraction of sp³-hybridized carbons (Fsp3) is 0.200. The predicted octanol–water partition coefficient (Wildman–Crippen LogP) is 3.06. The molecule has 19 heavy (non-hydrogen) atoms. The Kier molecular flexibility index (Phi) is 3.80. The minimum absolute atomic E-state index is 0.0412. The molecule has 2 aromatic rings. The quantitative estimate of drug-likeness (QED) is 0.655. The molecule has 0 radical (unpaired) electrons. The normalized spacial score (nSPS) is 11.6. The molecule has 0 aliphatic carbocycles. The van der Waals surface area contributed by atoms with Gasteiger partial charge in [0.15, 0.2) is 0 Å². The van der Waals surface area contributed by atoms with Gasteiger partial charge in [0.05, 0.1) is 5.56 Å². The first kappa shape index (κ1) is 13.1. The van der Waals surface area contributed by atoms with Crippen molar-refractivity contribution < 1.29 is 9.90 Å². The first-order valence-electron chi connectivity index (χ1n) is 6.17. The van der Waals surface area contributed by atoms with Crippen LogP contribution in [0.1, 0.15) is 30.6 Å². The van der Waals surface area contributed by atoms with Crippen molar-refractivity contribution in [2.45, 2.75) is 20.3 Å². The Morgan fingerprint density at radius 1 is 1.26 bits per heavy atom. The number of rotatable bonds is 3. The molecule has 0 aliphatic heterocycles. The molecule has 4 heteroatoms. The van der Waals surface area contributed by atoms with Crippen molar-refractivity contribution >= 4 is 22.4 Å². The molecule has 0 saturated carbocycles. The van der Waals surface area contributed by atoms with E-state index in [1.807, 2.05) is 38.1 Å². The Balaban J connectivity index is 2.34. The zero-order valence-electron chi connectivity index (χ0n) is 11.0. The number of hydrazone groups is 1. The first-order valence-corrected chi connectivity index (χ1v) is 6.17. The summed E-state index contributed by atoms with van der Waals surface area (Å²) in [5.74, 6) is -0.448. The fourth-order valence-electron chi connectivity index (χ4n) is 1.70. The van der Waals surface area contributed by atoms with Gasteiger partial charge in [-0.2, -0.15) is 5.10 Å². The molecule has 2 rings (SSSR count). The number of aromatic hydroxyl groups is 1. The van der Waals surface area contributed by atoms with E-state index in [0.29, 0.717) is 0 Å². The van der Waals surface area contributed by atoms with Crippen molar-refractivity contribution in [1.82, 2.24) is 5.43 Å².